The molecule has 1 amide bonds. The minimum Gasteiger partial charge on any atom is -0.317 e. The lowest BCUT2D eigenvalue weighted by molar-refractivity contribution is 0.0998. The molecule has 0 bridgehead atoms. The lowest BCUT2D eigenvalue weighted by Crippen LogP contribution is -2.15. The number of hydrogen-bond acceptors (Lipinski definition) is 3. The van der Waals surface area contributed by atoms with E-state index in [1.165, 1.54) is 4.90 Å². The van der Waals surface area contributed by atoms with Crippen LogP contribution in [0.1, 0.15) is 31.1 Å². The third-order valence-electron chi connectivity index (χ3n) is 3.57. The summed E-state index contributed by atoms with van der Waals surface area (Å²) in [5, 5.41) is 0.526. The Morgan fingerprint density at radius 2 is 1.88 bits per heavy atom. The molecule has 3 nitrogen and oxygen atoms in total. The Kier molecular flexibility index (Phi) is 5.21. The van der Waals surface area contributed by atoms with Gasteiger partial charge in [0, 0.05) is 22.3 Å². The Bertz CT molecular complexity index is 920. The molecule has 3 aromatic rings. The number of aryl methyl sites for hydroxylation is 1. The van der Waals surface area contributed by atoms with Crippen molar-refractivity contribution in [1.82, 2.24) is 4.57 Å². The summed E-state index contributed by atoms with van der Waals surface area (Å²) < 4.78 is 3.23. The largest absolute Gasteiger partial charge is 0.317 e. The number of fused-ring (bicyclic) bond motifs is 1. The van der Waals surface area contributed by atoms with Crippen LogP contribution in [0.25, 0.3) is 10.2 Å². The topological polar surface area (TPSA) is 34.4 Å². The number of hydrogen-bond donors (Lipinski definition) is 0. The van der Waals surface area contributed by atoms with Crippen molar-refractivity contribution < 1.29 is 4.79 Å². The molecule has 1 aromatic heterocycles. The van der Waals surface area contributed by atoms with Crippen LogP contribution in [0, 0.1) is 0 Å². The number of nitrogens with zero attached hydrogens (tertiary/aromatic N) is 2. The average molecular weight is 357 g/mol. The van der Waals surface area contributed by atoms with Crippen molar-refractivity contribution in [2.75, 3.05) is 0 Å². The van der Waals surface area contributed by atoms with Crippen molar-refractivity contribution in [2.45, 2.75) is 37.5 Å². The molecule has 0 aliphatic rings. The highest BCUT2D eigenvalue weighted by atomic mass is 32.2. The number of thioether (sulfide) groups is 1. The van der Waals surface area contributed by atoms with Crippen molar-refractivity contribution in [3.8, 4) is 0 Å². The van der Waals surface area contributed by atoms with E-state index in [4.69, 9.17) is 0 Å². The highest BCUT2D eigenvalue weighted by molar-refractivity contribution is 7.99. The zero-order chi connectivity index (χ0) is 17.1. The summed E-state index contributed by atoms with van der Waals surface area (Å²) in [6, 6.07) is 15.9. The Labute approximate surface area is 150 Å². The summed E-state index contributed by atoms with van der Waals surface area (Å²) in [6.07, 6.45) is 0. The average Bonchev–Trinajstić information content (AvgIpc) is 2.91. The lowest BCUT2D eigenvalue weighted by atomic mass is 10.2. The van der Waals surface area contributed by atoms with Gasteiger partial charge in [-0.25, -0.2) is 0 Å². The standard InChI is InChI=1S/C19H20N2OS2/c1-4-21-16-7-5-6-8-17(16)24-19(21)20-18(22)14-9-11-15(12-10-14)23-13(2)3/h5-13H,4H2,1-3H3. The zero-order valence-corrected chi connectivity index (χ0v) is 15.7. The molecule has 0 atom stereocenters. The fourth-order valence-corrected chi connectivity index (χ4v) is 4.44. The molecule has 0 aliphatic heterocycles. The molecule has 3 rings (SSSR count). The minimum absolute atomic E-state index is 0.190. The van der Waals surface area contributed by atoms with E-state index in [1.54, 1.807) is 23.1 Å². The second kappa shape index (κ2) is 7.36. The molecule has 1 heterocycles. The van der Waals surface area contributed by atoms with E-state index in [-0.39, 0.29) is 5.91 Å². The first-order chi connectivity index (χ1) is 11.6. The van der Waals surface area contributed by atoms with Gasteiger partial charge < -0.3 is 4.57 Å². The molecule has 0 fully saturated rings. The summed E-state index contributed by atoms with van der Waals surface area (Å²) in [7, 11) is 0. The maximum atomic E-state index is 12.5. The van der Waals surface area contributed by atoms with Gasteiger partial charge in [-0.15, -0.1) is 11.8 Å². The van der Waals surface area contributed by atoms with E-state index in [1.807, 2.05) is 36.4 Å². The highest BCUT2D eigenvalue weighted by Crippen LogP contribution is 2.23. The first kappa shape index (κ1) is 17.0. The van der Waals surface area contributed by atoms with E-state index >= 15 is 0 Å². The normalized spacial score (nSPS) is 12.2. The highest BCUT2D eigenvalue weighted by Gasteiger charge is 2.08. The van der Waals surface area contributed by atoms with E-state index in [0.29, 0.717) is 10.8 Å². The molecule has 0 saturated carbocycles. The van der Waals surface area contributed by atoms with Crippen molar-refractivity contribution in [3.05, 3.63) is 58.9 Å². The van der Waals surface area contributed by atoms with Gasteiger partial charge in [0.05, 0.1) is 10.2 Å². The van der Waals surface area contributed by atoms with Gasteiger partial charge in [-0.3, -0.25) is 4.79 Å². The third kappa shape index (κ3) is 3.62. The molecular formula is C19H20N2OS2. The Morgan fingerprint density at radius 1 is 1.17 bits per heavy atom. The second-order valence-corrected chi connectivity index (χ2v) is 8.36. The van der Waals surface area contributed by atoms with Gasteiger partial charge in [0.15, 0.2) is 4.80 Å². The quantitative estimate of drug-likeness (QED) is 0.619. The molecule has 0 unspecified atom stereocenters. The van der Waals surface area contributed by atoms with Gasteiger partial charge >= 0.3 is 0 Å². The number of carbonyl (C=O) groups excluding carboxylic acids is 1. The van der Waals surface area contributed by atoms with Gasteiger partial charge in [-0.05, 0) is 43.3 Å². The van der Waals surface area contributed by atoms with Crippen molar-refractivity contribution in [2.24, 2.45) is 4.99 Å². The van der Waals surface area contributed by atoms with Gasteiger partial charge in [-0.2, -0.15) is 4.99 Å². The van der Waals surface area contributed by atoms with Crippen LogP contribution in [0.3, 0.4) is 0 Å². The Balaban J connectivity index is 1.95. The first-order valence-corrected chi connectivity index (χ1v) is 9.72. The number of carbonyl (C=O) groups is 1. The van der Waals surface area contributed by atoms with Crippen molar-refractivity contribution >= 4 is 39.2 Å². The number of rotatable bonds is 4. The van der Waals surface area contributed by atoms with Crippen LogP contribution in [0.4, 0.5) is 0 Å². The molecule has 2 aromatic carbocycles. The molecule has 124 valence electrons. The minimum atomic E-state index is -0.190. The van der Waals surface area contributed by atoms with Crippen LogP contribution >= 0.6 is 23.1 Å². The van der Waals surface area contributed by atoms with Crippen LogP contribution in [-0.4, -0.2) is 15.7 Å². The van der Waals surface area contributed by atoms with E-state index < -0.39 is 0 Å². The predicted molar refractivity (Wildman–Crippen MR) is 103 cm³/mol. The van der Waals surface area contributed by atoms with Crippen LogP contribution in [0.15, 0.2) is 58.4 Å². The SMILES string of the molecule is CCn1c(=NC(=O)c2ccc(SC(C)C)cc2)sc2ccccc21. The molecule has 0 radical (unpaired) electrons. The van der Waals surface area contributed by atoms with E-state index in [9.17, 15) is 4.79 Å². The monoisotopic (exact) mass is 356 g/mol. The molecule has 5 heteroatoms. The van der Waals surface area contributed by atoms with Gasteiger partial charge in [-0.1, -0.05) is 37.3 Å². The maximum absolute atomic E-state index is 12.5. The van der Waals surface area contributed by atoms with Crippen molar-refractivity contribution in [3.63, 3.8) is 0 Å². The third-order valence-corrected chi connectivity index (χ3v) is 5.65. The summed E-state index contributed by atoms with van der Waals surface area (Å²) in [5.74, 6) is -0.190. The first-order valence-electron chi connectivity index (χ1n) is 8.02. The molecular weight excluding hydrogens is 336 g/mol. The molecule has 0 spiro atoms. The van der Waals surface area contributed by atoms with Crippen LogP contribution < -0.4 is 4.80 Å². The molecule has 0 aliphatic carbocycles. The summed E-state index contributed by atoms with van der Waals surface area (Å²) in [6.45, 7) is 7.18. The van der Waals surface area contributed by atoms with E-state index in [2.05, 4.69) is 42.5 Å². The number of para-hydroxylation sites is 1. The number of thiazole rings is 1. The van der Waals surface area contributed by atoms with Crippen LogP contribution in [0.5, 0.6) is 0 Å². The van der Waals surface area contributed by atoms with Crippen molar-refractivity contribution in [1.29, 1.82) is 0 Å². The van der Waals surface area contributed by atoms with Gasteiger partial charge in [0.25, 0.3) is 5.91 Å². The second-order valence-electron chi connectivity index (χ2n) is 5.70. The maximum Gasteiger partial charge on any atom is 0.279 e. The van der Waals surface area contributed by atoms with Crippen LogP contribution in [0.2, 0.25) is 0 Å². The predicted octanol–water partition coefficient (Wildman–Crippen LogP) is 4.96. The number of amides is 1. The fraction of sp³-hybridized carbons (Fsp3) is 0.263. The summed E-state index contributed by atoms with van der Waals surface area (Å²) >= 11 is 3.34. The number of benzene rings is 2. The molecule has 24 heavy (non-hydrogen) atoms. The Hall–Kier alpha value is -1.85. The fourth-order valence-electron chi connectivity index (χ4n) is 2.51. The van der Waals surface area contributed by atoms with Gasteiger partial charge in [0.2, 0.25) is 0 Å². The zero-order valence-electron chi connectivity index (χ0n) is 14.0. The number of aromatic nitrogens is 1. The summed E-state index contributed by atoms with van der Waals surface area (Å²) in [5.41, 5.74) is 1.75. The van der Waals surface area contributed by atoms with E-state index in [0.717, 1.165) is 21.6 Å². The molecule has 0 N–H and O–H groups in total. The Morgan fingerprint density at radius 3 is 2.54 bits per heavy atom. The smallest absolute Gasteiger partial charge is 0.279 e. The molecule has 0 saturated heterocycles. The van der Waals surface area contributed by atoms with Gasteiger partial charge in [0.1, 0.15) is 0 Å². The lowest BCUT2D eigenvalue weighted by Gasteiger charge is -2.04. The summed E-state index contributed by atoms with van der Waals surface area (Å²) in [4.78, 5) is 18.8. The van der Waals surface area contributed by atoms with Crippen LogP contribution in [-0.2, 0) is 6.54 Å².